The number of carbonyl (C=O) groups excluding carboxylic acids is 1. The molecule has 0 aliphatic carbocycles. The van der Waals surface area contributed by atoms with Crippen LogP contribution in [0.25, 0.3) is 0 Å². The second-order valence-corrected chi connectivity index (χ2v) is 20.6. The molecule has 0 bridgehead atoms. The van der Waals surface area contributed by atoms with Gasteiger partial charge in [-0.15, -0.1) is 0 Å². The van der Waals surface area contributed by atoms with E-state index in [1.165, 1.54) is 173 Å². The quantitative estimate of drug-likeness (QED) is 0.0196. The van der Waals surface area contributed by atoms with Crippen molar-refractivity contribution in [1.29, 1.82) is 0 Å². The van der Waals surface area contributed by atoms with Gasteiger partial charge in [0, 0.05) is 13.0 Å². The van der Waals surface area contributed by atoms with Crippen molar-refractivity contribution in [3.63, 3.8) is 0 Å². The van der Waals surface area contributed by atoms with Crippen molar-refractivity contribution in [2.75, 3.05) is 26.4 Å². The van der Waals surface area contributed by atoms with Gasteiger partial charge in [0.1, 0.15) is 30.5 Å². The first-order valence-corrected chi connectivity index (χ1v) is 29.6. The van der Waals surface area contributed by atoms with Crippen LogP contribution in [0.15, 0.2) is 36.5 Å². The highest BCUT2D eigenvalue weighted by Crippen LogP contribution is 2.26. The molecule has 0 radical (unpaired) electrons. The molecule has 1 fully saturated rings. The Labute approximate surface area is 422 Å². The largest absolute Gasteiger partial charge is 0.457 e. The fourth-order valence-electron chi connectivity index (χ4n) is 8.70. The Kier molecular flexibility index (Phi) is 44.8. The highest BCUT2D eigenvalue weighted by molar-refractivity contribution is 7.80. The maximum Gasteiger partial charge on any atom is 0.397 e. The highest BCUT2D eigenvalue weighted by atomic mass is 32.3. The zero-order chi connectivity index (χ0) is 50.3. The SMILES string of the molecule is CCCCCC/C=C\C/C=C\CCCCCCCCCCOCC(COC1OC(CO)C(O)C(OS(=O)(=O)O)C1O)OC(=O)CCCCCCCCCCCCC/C=C\CCCCCCCCCC. The van der Waals surface area contributed by atoms with Crippen molar-refractivity contribution < 1.29 is 56.2 Å². The average molecular weight is 1000 g/mol. The third-order valence-electron chi connectivity index (χ3n) is 13.0. The summed E-state index contributed by atoms with van der Waals surface area (Å²) in [4.78, 5) is 12.9. The van der Waals surface area contributed by atoms with Gasteiger partial charge in [0.05, 0.1) is 19.8 Å². The van der Waals surface area contributed by atoms with E-state index in [2.05, 4.69) is 54.5 Å². The smallest absolute Gasteiger partial charge is 0.397 e. The molecule has 0 amide bonds. The average Bonchev–Trinajstić information content (AvgIpc) is 3.32. The molecule has 0 saturated carbocycles. The summed E-state index contributed by atoms with van der Waals surface area (Å²) in [6.07, 6.45) is 48.9. The van der Waals surface area contributed by atoms with Gasteiger partial charge in [0.25, 0.3) is 0 Å². The van der Waals surface area contributed by atoms with Crippen LogP contribution in [0, 0.1) is 0 Å². The Morgan fingerprint density at radius 3 is 1.41 bits per heavy atom. The van der Waals surface area contributed by atoms with Crippen LogP contribution in [0.4, 0.5) is 0 Å². The Hall–Kier alpha value is -1.68. The number of unbranched alkanes of at least 4 members (excludes halogenated alkanes) is 31. The molecule has 0 spiro atoms. The first kappa shape index (κ1) is 65.3. The zero-order valence-electron chi connectivity index (χ0n) is 43.9. The van der Waals surface area contributed by atoms with Gasteiger partial charge < -0.3 is 34.3 Å². The van der Waals surface area contributed by atoms with E-state index in [9.17, 15) is 33.1 Å². The van der Waals surface area contributed by atoms with Crippen LogP contribution in [-0.4, -0.2) is 97.5 Å². The van der Waals surface area contributed by atoms with Gasteiger partial charge in [-0.25, -0.2) is 4.18 Å². The van der Waals surface area contributed by atoms with Crippen LogP contribution in [0.1, 0.15) is 251 Å². The minimum Gasteiger partial charge on any atom is -0.457 e. The number of hydrogen-bond donors (Lipinski definition) is 4. The maximum atomic E-state index is 12.9. The van der Waals surface area contributed by atoms with Gasteiger partial charge in [-0.3, -0.25) is 9.35 Å². The molecule has 69 heavy (non-hydrogen) atoms. The normalized spacial score (nSPS) is 19.4. The third kappa shape index (κ3) is 40.5. The Balaban J connectivity index is 2.31. The van der Waals surface area contributed by atoms with Crippen LogP contribution in [0.2, 0.25) is 0 Å². The molecule has 0 aromatic carbocycles. The number of esters is 1. The number of aliphatic hydroxyl groups is 3. The van der Waals surface area contributed by atoms with Crippen molar-refractivity contribution in [3.8, 4) is 0 Å². The number of ether oxygens (including phenoxy) is 4. The maximum absolute atomic E-state index is 12.9. The monoisotopic (exact) mass is 1000 g/mol. The van der Waals surface area contributed by atoms with Crippen LogP contribution >= 0.6 is 0 Å². The molecule has 12 nitrogen and oxygen atoms in total. The van der Waals surface area contributed by atoms with Gasteiger partial charge in [0.15, 0.2) is 6.29 Å². The summed E-state index contributed by atoms with van der Waals surface area (Å²) >= 11 is 0. The van der Waals surface area contributed by atoms with Crippen molar-refractivity contribution >= 4 is 16.4 Å². The van der Waals surface area contributed by atoms with E-state index in [-0.39, 0.29) is 19.6 Å². The lowest BCUT2D eigenvalue weighted by molar-refractivity contribution is -0.301. The molecule has 1 aliphatic heterocycles. The van der Waals surface area contributed by atoms with E-state index in [1.807, 2.05) is 0 Å². The molecule has 406 valence electrons. The van der Waals surface area contributed by atoms with Gasteiger partial charge in [0.2, 0.25) is 0 Å². The molecule has 1 saturated heterocycles. The molecular formula is C56H104O12S. The summed E-state index contributed by atoms with van der Waals surface area (Å²) in [6, 6.07) is 0. The summed E-state index contributed by atoms with van der Waals surface area (Å²) in [5.41, 5.74) is 0. The molecule has 0 aromatic rings. The zero-order valence-corrected chi connectivity index (χ0v) is 44.7. The molecule has 6 unspecified atom stereocenters. The lowest BCUT2D eigenvalue weighted by Gasteiger charge is -2.41. The van der Waals surface area contributed by atoms with Gasteiger partial charge >= 0.3 is 16.4 Å². The van der Waals surface area contributed by atoms with Crippen LogP contribution < -0.4 is 0 Å². The summed E-state index contributed by atoms with van der Waals surface area (Å²) in [6.45, 7) is 4.00. The molecular weight excluding hydrogens is 897 g/mol. The predicted molar refractivity (Wildman–Crippen MR) is 280 cm³/mol. The van der Waals surface area contributed by atoms with E-state index in [0.29, 0.717) is 13.0 Å². The van der Waals surface area contributed by atoms with E-state index < -0.39 is 59.8 Å². The van der Waals surface area contributed by atoms with Gasteiger partial charge in [-0.05, 0) is 70.6 Å². The van der Waals surface area contributed by atoms with E-state index in [0.717, 1.165) is 51.4 Å². The van der Waals surface area contributed by atoms with Crippen LogP contribution in [-0.2, 0) is 38.3 Å². The fourth-order valence-corrected chi connectivity index (χ4v) is 9.21. The van der Waals surface area contributed by atoms with Crippen molar-refractivity contribution in [2.24, 2.45) is 0 Å². The number of allylic oxidation sites excluding steroid dienone is 6. The van der Waals surface area contributed by atoms with Gasteiger partial charge in [-0.1, -0.05) is 211 Å². The fraction of sp³-hybridized carbons (Fsp3) is 0.875. The van der Waals surface area contributed by atoms with E-state index in [1.54, 1.807) is 0 Å². The first-order chi connectivity index (χ1) is 33.6. The van der Waals surface area contributed by atoms with Crippen LogP contribution in [0.5, 0.6) is 0 Å². The number of rotatable bonds is 50. The van der Waals surface area contributed by atoms with Crippen molar-refractivity contribution in [3.05, 3.63) is 36.5 Å². The number of aliphatic hydroxyl groups excluding tert-OH is 3. The van der Waals surface area contributed by atoms with Crippen molar-refractivity contribution in [2.45, 2.75) is 288 Å². The molecule has 13 heteroatoms. The Bertz CT molecular complexity index is 1340. The Morgan fingerprint density at radius 2 is 0.957 bits per heavy atom. The molecule has 1 aliphatic rings. The lowest BCUT2D eigenvalue weighted by Crippen LogP contribution is -2.60. The minimum atomic E-state index is -5.07. The molecule has 4 N–H and O–H groups in total. The number of carbonyl (C=O) groups is 1. The van der Waals surface area contributed by atoms with E-state index in [4.69, 9.17) is 18.9 Å². The van der Waals surface area contributed by atoms with Crippen molar-refractivity contribution in [1.82, 2.24) is 0 Å². The standard InChI is InChI=1S/C56H104O12S/c1-3-5-7-9-11-13-15-17-19-21-23-24-25-26-27-29-31-33-35-37-39-41-43-45-52(58)66-50(49-65-56-54(60)55(68-69(61,62)63)53(59)51(47-57)67-56)48-64-46-44-42-40-38-36-34-32-30-28-22-20-18-16-14-12-10-8-6-4-2/h14,16,20-23,50-51,53-57,59-60H,3-13,15,17-19,24-49H2,1-2H3,(H,61,62,63)/b16-14-,22-20-,23-21-. The molecule has 1 rings (SSSR count). The first-order valence-electron chi connectivity index (χ1n) is 28.2. The summed E-state index contributed by atoms with van der Waals surface area (Å²) in [5.74, 6) is -0.399. The lowest BCUT2D eigenvalue weighted by atomic mass is 9.99. The second kappa shape index (κ2) is 47.3. The van der Waals surface area contributed by atoms with E-state index >= 15 is 0 Å². The summed E-state index contributed by atoms with van der Waals surface area (Å²) < 4.78 is 59.4. The Morgan fingerprint density at radius 1 is 0.551 bits per heavy atom. The summed E-state index contributed by atoms with van der Waals surface area (Å²) in [7, 11) is -5.07. The summed E-state index contributed by atoms with van der Waals surface area (Å²) in [5, 5.41) is 30.8. The predicted octanol–water partition coefficient (Wildman–Crippen LogP) is 13.7. The molecule has 0 aromatic heterocycles. The topological polar surface area (TPSA) is 178 Å². The third-order valence-corrected chi connectivity index (χ3v) is 13.5. The highest BCUT2D eigenvalue weighted by Gasteiger charge is 2.48. The van der Waals surface area contributed by atoms with Gasteiger partial charge in [-0.2, -0.15) is 8.42 Å². The molecule has 6 atom stereocenters. The number of hydrogen-bond acceptors (Lipinski definition) is 11. The van der Waals surface area contributed by atoms with Crippen LogP contribution in [0.3, 0.4) is 0 Å². The minimum absolute atomic E-state index is 0.0335. The molecule has 1 heterocycles. The second-order valence-electron chi connectivity index (χ2n) is 19.5.